The second-order valence-electron chi connectivity index (χ2n) is 4.95. The first-order valence-corrected chi connectivity index (χ1v) is 6.47. The van der Waals surface area contributed by atoms with Gasteiger partial charge in [-0.1, -0.05) is 0 Å². The molecule has 0 aliphatic heterocycles. The maximum atomic E-state index is 11.3. The Bertz CT molecular complexity index is 275. The molecule has 0 fully saturated rings. The Morgan fingerprint density at radius 3 is 1.86 bits per heavy atom. The highest BCUT2D eigenvalue weighted by Crippen LogP contribution is 2.13. The van der Waals surface area contributed by atoms with E-state index in [0.29, 0.717) is 13.1 Å². The van der Waals surface area contributed by atoms with Crippen LogP contribution in [0, 0.1) is 0 Å². The highest BCUT2D eigenvalue weighted by Gasteiger charge is 2.30. The number of nitrogens with one attached hydrogen (secondary N) is 1. The SMILES string of the molecule is CC(C)(O)CNCC(C)(C)S(C)(=O)=O. The van der Waals surface area contributed by atoms with Crippen LogP contribution in [0.4, 0.5) is 0 Å². The van der Waals surface area contributed by atoms with Crippen molar-refractivity contribution in [2.45, 2.75) is 38.0 Å². The van der Waals surface area contributed by atoms with Crippen molar-refractivity contribution in [3.05, 3.63) is 0 Å². The van der Waals surface area contributed by atoms with Gasteiger partial charge in [-0.3, -0.25) is 0 Å². The van der Waals surface area contributed by atoms with Crippen molar-refractivity contribution in [3.8, 4) is 0 Å². The van der Waals surface area contributed by atoms with Crippen LogP contribution >= 0.6 is 0 Å². The molecule has 0 rings (SSSR count). The van der Waals surface area contributed by atoms with Gasteiger partial charge in [-0.15, -0.1) is 0 Å². The zero-order chi connectivity index (χ0) is 11.6. The summed E-state index contributed by atoms with van der Waals surface area (Å²) in [7, 11) is -3.06. The summed E-state index contributed by atoms with van der Waals surface area (Å²) in [6.07, 6.45) is 1.22. The summed E-state index contributed by atoms with van der Waals surface area (Å²) in [6.45, 7) is 7.40. The molecule has 0 aromatic rings. The molecule has 0 aromatic heterocycles. The Morgan fingerprint density at radius 2 is 1.57 bits per heavy atom. The number of hydrogen-bond acceptors (Lipinski definition) is 4. The van der Waals surface area contributed by atoms with Gasteiger partial charge in [-0.05, 0) is 27.7 Å². The first-order valence-electron chi connectivity index (χ1n) is 4.58. The number of aliphatic hydroxyl groups is 1. The predicted octanol–water partition coefficient (Wildman–Crippen LogP) is 0.170. The molecule has 4 nitrogen and oxygen atoms in total. The molecule has 0 saturated carbocycles. The Balaban J connectivity index is 4.16. The van der Waals surface area contributed by atoms with Gasteiger partial charge in [0, 0.05) is 19.3 Å². The van der Waals surface area contributed by atoms with Gasteiger partial charge in [0.25, 0.3) is 0 Å². The second kappa shape index (κ2) is 4.16. The third-order valence-corrected chi connectivity index (χ3v) is 4.26. The highest BCUT2D eigenvalue weighted by molar-refractivity contribution is 7.92. The molecule has 0 aromatic carbocycles. The molecule has 86 valence electrons. The van der Waals surface area contributed by atoms with Crippen molar-refractivity contribution in [1.82, 2.24) is 5.32 Å². The minimum atomic E-state index is -3.06. The van der Waals surface area contributed by atoms with Crippen molar-refractivity contribution in [2.24, 2.45) is 0 Å². The van der Waals surface area contributed by atoms with Crippen LogP contribution in [0.15, 0.2) is 0 Å². The van der Waals surface area contributed by atoms with Crippen LogP contribution in [0.3, 0.4) is 0 Å². The van der Waals surface area contributed by atoms with E-state index < -0.39 is 20.2 Å². The van der Waals surface area contributed by atoms with Gasteiger partial charge in [0.05, 0.1) is 10.3 Å². The average Bonchev–Trinajstić information content (AvgIpc) is 1.80. The van der Waals surface area contributed by atoms with Crippen LogP contribution in [-0.2, 0) is 9.84 Å². The molecule has 0 spiro atoms. The van der Waals surface area contributed by atoms with Crippen molar-refractivity contribution in [3.63, 3.8) is 0 Å². The quantitative estimate of drug-likeness (QED) is 0.697. The molecule has 0 atom stereocenters. The van der Waals surface area contributed by atoms with Gasteiger partial charge < -0.3 is 10.4 Å². The largest absolute Gasteiger partial charge is 0.389 e. The van der Waals surface area contributed by atoms with Gasteiger partial charge in [0.15, 0.2) is 9.84 Å². The lowest BCUT2D eigenvalue weighted by molar-refractivity contribution is 0.0794. The van der Waals surface area contributed by atoms with Crippen molar-refractivity contribution in [1.29, 1.82) is 0 Å². The topological polar surface area (TPSA) is 66.4 Å². The first kappa shape index (κ1) is 13.9. The number of hydrogen-bond donors (Lipinski definition) is 2. The van der Waals surface area contributed by atoms with Gasteiger partial charge >= 0.3 is 0 Å². The van der Waals surface area contributed by atoms with Gasteiger partial charge in [-0.25, -0.2) is 8.42 Å². The lowest BCUT2D eigenvalue weighted by Gasteiger charge is -2.25. The van der Waals surface area contributed by atoms with Crippen LogP contribution in [-0.4, -0.2) is 43.2 Å². The molecule has 0 amide bonds. The molecule has 0 radical (unpaired) electrons. The molecule has 0 aliphatic rings. The van der Waals surface area contributed by atoms with Gasteiger partial charge in [-0.2, -0.15) is 0 Å². The standard InChI is InChI=1S/C9H21NO3S/c1-8(2,11)6-10-7-9(3,4)14(5,12)13/h10-11H,6-7H2,1-5H3. The van der Waals surface area contributed by atoms with Crippen LogP contribution in [0.1, 0.15) is 27.7 Å². The van der Waals surface area contributed by atoms with E-state index in [1.165, 1.54) is 6.26 Å². The molecule has 0 saturated heterocycles. The van der Waals surface area contributed by atoms with Crippen LogP contribution in [0.2, 0.25) is 0 Å². The Hall–Kier alpha value is -0.130. The van der Waals surface area contributed by atoms with E-state index in [4.69, 9.17) is 0 Å². The molecule has 0 aliphatic carbocycles. The van der Waals surface area contributed by atoms with Crippen molar-refractivity contribution >= 4 is 9.84 Å². The van der Waals surface area contributed by atoms with Crippen LogP contribution in [0.5, 0.6) is 0 Å². The molecule has 0 heterocycles. The number of rotatable bonds is 5. The fourth-order valence-electron chi connectivity index (χ4n) is 0.801. The normalized spacial score (nSPS) is 14.4. The minimum Gasteiger partial charge on any atom is -0.389 e. The summed E-state index contributed by atoms with van der Waals surface area (Å²) in [4.78, 5) is 0. The summed E-state index contributed by atoms with van der Waals surface area (Å²) in [6, 6.07) is 0. The van der Waals surface area contributed by atoms with E-state index in [9.17, 15) is 13.5 Å². The number of sulfone groups is 1. The highest BCUT2D eigenvalue weighted by atomic mass is 32.2. The minimum absolute atomic E-state index is 0.343. The van der Waals surface area contributed by atoms with E-state index in [1.807, 2.05) is 0 Å². The fraction of sp³-hybridized carbons (Fsp3) is 1.00. The fourth-order valence-corrected chi connectivity index (χ4v) is 1.16. The Labute approximate surface area is 86.6 Å². The van der Waals surface area contributed by atoms with Crippen molar-refractivity contribution < 1.29 is 13.5 Å². The molecule has 2 N–H and O–H groups in total. The Kier molecular flexibility index (Phi) is 4.12. The summed E-state index contributed by atoms with van der Waals surface area (Å²) in [5, 5.41) is 12.3. The molecular formula is C9H21NO3S. The maximum absolute atomic E-state index is 11.3. The Morgan fingerprint density at radius 1 is 1.14 bits per heavy atom. The van der Waals surface area contributed by atoms with E-state index in [2.05, 4.69) is 5.32 Å². The third-order valence-electron chi connectivity index (χ3n) is 2.11. The van der Waals surface area contributed by atoms with Crippen molar-refractivity contribution in [2.75, 3.05) is 19.3 Å². The van der Waals surface area contributed by atoms with E-state index in [-0.39, 0.29) is 0 Å². The van der Waals surface area contributed by atoms with E-state index in [0.717, 1.165) is 0 Å². The predicted molar refractivity (Wildman–Crippen MR) is 58.1 cm³/mol. The summed E-state index contributed by atoms with van der Waals surface area (Å²) >= 11 is 0. The van der Waals surface area contributed by atoms with Crippen LogP contribution < -0.4 is 5.32 Å². The van der Waals surface area contributed by atoms with Gasteiger partial charge in [0.1, 0.15) is 0 Å². The third kappa shape index (κ3) is 4.93. The smallest absolute Gasteiger partial charge is 0.153 e. The summed E-state index contributed by atoms with van der Waals surface area (Å²) in [5.41, 5.74) is -0.812. The molecule has 0 bridgehead atoms. The first-order chi connectivity index (χ1) is 5.96. The lowest BCUT2D eigenvalue weighted by atomic mass is 10.1. The molecule has 14 heavy (non-hydrogen) atoms. The van der Waals surface area contributed by atoms with Crippen LogP contribution in [0.25, 0.3) is 0 Å². The van der Waals surface area contributed by atoms with E-state index in [1.54, 1.807) is 27.7 Å². The molecule has 5 heteroatoms. The zero-order valence-corrected chi connectivity index (χ0v) is 10.4. The zero-order valence-electron chi connectivity index (χ0n) is 9.59. The van der Waals surface area contributed by atoms with E-state index >= 15 is 0 Å². The monoisotopic (exact) mass is 223 g/mol. The van der Waals surface area contributed by atoms with Gasteiger partial charge in [0.2, 0.25) is 0 Å². The molecular weight excluding hydrogens is 202 g/mol. The lowest BCUT2D eigenvalue weighted by Crippen LogP contribution is -2.45. The summed E-state index contributed by atoms with van der Waals surface area (Å²) in [5.74, 6) is 0. The second-order valence-corrected chi connectivity index (χ2v) is 7.60. The average molecular weight is 223 g/mol. The molecule has 0 unspecified atom stereocenters. The summed E-state index contributed by atoms with van der Waals surface area (Å²) < 4.78 is 21.8. The maximum Gasteiger partial charge on any atom is 0.153 e.